The molecule has 0 aromatic rings. The highest BCUT2D eigenvalue weighted by Crippen LogP contribution is 1.75. The second-order valence-corrected chi connectivity index (χ2v) is 1.02. The van der Waals surface area contributed by atoms with Crippen LogP contribution in [0.15, 0.2) is 16.6 Å². The first-order valence-electron chi connectivity index (χ1n) is 1.59. The minimum Gasteiger partial charge on any atom is -0.297 e. The lowest BCUT2D eigenvalue weighted by Crippen LogP contribution is -1.62. The molecule has 0 rings (SSSR count). The van der Waals surface area contributed by atoms with Gasteiger partial charge in [-0.2, -0.15) is 0 Å². The highest BCUT2D eigenvalue weighted by atomic mass is 35.5. The van der Waals surface area contributed by atoms with Crippen molar-refractivity contribution in [2.45, 2.75) is 0 Å². The molecule has 1 nitrogen and oxygen atoms in total. The molecule has 0 N–H and O–H groups in total. The molecule has 34 valence electrons. The van der Waals surface area contributed by atoms with Gasteiger partial charge in [0.2, 0.25) is 0 Å². The fourth-order valence-corrected chi connectivity index (χ4v) is 0.194. The number of nitrogens with zero attached hydrogens (tertiary/aromatic N) is 1. The maximum atomic E-state index is 5.11. The van der Waals surface area contributed by atoms with Gasteiger partial charge in [0.1, 0.15) is 0 Å². The van der Waals surface area contributed by atoms with Crippen LogP contribution in [0.5, 0.6) is 0 Å². The van der Waals surface area contributed by atoms with Crippen molar-refractivity contribution in [2.24, 2.45) is 4.99 Å². The van der Waals surface area contributed by atoms with Crippen LogP contribution >= 0.6 is 11.6 Å². The van der Waals surface area contributed by atoms with Crippen molar-refractivity contribution >= 4 is 18.3 Å². The third-order valence-corrected chi connectivity index (χ3v) is 0.502. The van der Waals surface area contributed by atoms with Crippen LogP contribution in [0.25, 0.3) is 0 Å². The molecule has 0 saturated carbocycles. The van der Waals surface area contributed by atoms with Gasteiger partial charge in [-0.3, -0.25) is 4.99 Å². The molecule has 0 heterocycles. The summed E-state index contributed by atoms with van der Waals surface area (Å²) in [7, 11) is 0. The van der Waals surface area contributed by atoms with Crippen LogP contribution in [-0.2, 0) is 0 Å². The molecule has 6 heavy (non-hydrogen) atoms. The van der Waals surface area contributed by atoms with Crippen molar-refractivity contribution in [3.05, 3.63) is 11.6 Å². The van der Waals surface area contributed by atoms with Crippen LogP contribution < -0.4 is 0 Å². The topological polar surface area (TPSA) is 12.4 Å². The number of halogens is 1. The summed E-state index contributed by atoms with van der Waals surface area (Å²) in [6.45, 7) is 3.85. The Morgan fingerprint density at radius 3 is 2.67 bits per heavy atom. The van der Waals surface area contributed by atoms with Gasteiger partial charge < -0.3 is 0 Å². The maximum Gasteiger partial charge on any atom is 0.0574 e. The summed E-state index contributed by atoms with van der Waals surface area (Å²) in [5.41, 5.74) is 1.43. The zero-order valence-electron chi connectivity index (χ0n) is 3.39. The molecule has 2 heteroatoms. The van der Waals surface area contributed by atoms with Gasteiger partial charge in [-0.15, -0.1) is 0 Å². The standard InChI is InChI=1S/C4H6ClN/c1-6-4-2-3-5/h2-3H,1,4H2/b3-2-. The first-order valence-corrected chi connectivity index (χ1v) is 2.03. The number of rotatable bonds is 2. The smallest absolute Gasteiger partial charge is 0.0574 e. The van der Waals surface area contributed by atoms with Gasteiger partial charge in [-0.1, -0.05) is 17.7 Å². The molecule has 0 aliphatic rings. The third-order valence-electron chi connectivity index (χ3n) is 0.324. The van der Waals surface area contributed by atoms with Gasteiger partial charge in [-0.25, -0.2) is 0 Å². The van der Waals surface area contributed by atoms with Crippen molar-refractivity contribution < 1.29 is 0 Å². The first kappa shape index (κ1) is 5.70. The predicted octanol–water partition coefficient (Wildman–Crippen LogP) is 1.44. The van der Waals surface area contributed by atoms with E-state index in [2.05, 4.69) is 11.7 Å². The van der Waals surface area contributed by atoms with Gasteiger partial charge in [-0.05, 0) is 6.72 Å². The highest BCUT2D eigenvalue weighted by molar-refractivity contribution is 6.25. The lowest BCUT2D eigenvalue weighted by Gasteiger charge is -1.70. The Labute approximate surface area is 42.3 Å². The largest absolute Gasteiger partial charge is 0.297 e. The van der Waals surface area contributed by atoms with Gasteiger partial charge in [0, 0.05) is 5.54 Å². The van der Waals surface area contributed by atoms with E-state index in [1.807, 2.05) is 0 Å². The van der Waals surface area contributed by atoms with E-state index in [0.717, 1.165) is 0 Å². The fraction of sp³-hybridized carbons (Fsp3) is 0.250. The molecule has 0 saturated heterocycles. The Bertz CT molecular complexity index is 58.6. The normalized spacial score (nSPS) is 9.50. The predicted molar refractivity (Wildman–Crippen MR) is 29.4 cm³/mol. The summed E-state index contributed by atoms with van der Waals surface area (Å²) >= 11 is 5.11. The lowest BCUT2D eigenvalue weighted by atomic mass is 10.7. The second-order valence-electron chi connectivity index (χ2n) is 0.768. The van der Waals surface area contributed by atoms with Crippen LogP contribution in [0.4, 0.5) is 0 Å². The molecule has 0 atom stereocenters. The van der Waals surface area contributed by atoms with Gasteiger partial charge in [0.05, 0.1) is 6.54 Å². The average molecular weight is 104 g/mol. The minimum atomic E-state index is 0.615. The molecule has 0 amide bonds. The average Bonchev–Trinajstić information content (AvgIpc) is 1.61. The van der Waals surface area contributed by atoms with Crippen LogP contribution in [0.3, 0.4) is 0 Å². The number of hydrogen-bond acceptors (Lipinski definition) is 1. The number of hydrogen-bond donors (Lipinski definition) is 0. The van der Waals surface area contributed by atoms with Crippen molar-refractivity contribution in [3.63, 3.8) is 0 Å². The van der Waals surface area contributed by atoms with Crippen LogP contribution in [0.2, 0.25) is 0 Å². The molecule has 0 bridgehead atoms. The van der Waals surface area contributed by atoms with Crippen molar-refractivity contribution in [1.29, 1.82) is 0 Å². The van der Waals surface area contributed by atoms with E-state index >= 15 is 0 Å². The summed E-state index contributed by atoms with van der Waals surface area (Å²) < 4.78 is 0. The van der Waals surface area contributed by atoms with Crippen molar-refractivity contribution in [1.82, 2.24) is 0 Å². The minimum absolute atomic E-state index is 0.615. The van der Waals surface area contributed by atoms with E-state index in [9.17, 15) is 0 Å². The Balaban J connectivity index is 2.85. The van der Waals surface area contributed by atoms with Gasteiger partial charge in [0.15, 0.2) is 0 Å². The molecule has 0 aromatic carbocycles. The molecule has 0 aromatic heterocycles. The fourth-order valence-electron chi connectivity index (χ4n) is 0.114. The summed E-state index contributed by atoms with van der Waals surface area (Å²) in [4.78, 5) is 3.50. The lowest BCUT2D eigenvalue weighted by molar-refractivity contribution is 1.27. The Morgan fingerprint density at radius 1 is 1.83 bits per heavy atom. The molecule has 0 spiro atoms. The zero-order valence-corrected chi connectivity index (χ0v) is 4.15. The number of aliphatic imine (C=N–C) groups is 1. The van der Waals surface area contributed by atoms with Crippen molar-refractivity contribution in [3.8, 4) is 0 Å². The summed E-state index contributed by atoms with van der Waals surface area (Å²) in [5, 5.41) is 0. The maximum absolute atomic E-state index is 5.11. The van der Waals surface area contributed by atoms with E-state index in [-0.39, 0.29) is 0 Å². The first-order chi connectivity index (χ1) is 2.91. The van der Waals surface area contributed by atoms with Crippen LogP contribution in [0, 0.1) is 0 Å². The summed E-state index contributed by atoms with van der Waals surface area (Å²) in [6.07, 6.45) is 1.72. The summed E-state index contributed by atoms with van der Waals surface area (Å²) in [5.74, 6) is 0. The summed E-state index contributed by atoms with van der Waals surface area (Å²) in [6, 6.07) is 0. The van der Waals surface area contributed by atoms with Crippen LogP contribution in [-0.4, -0.2) is 13.3 Å². The van der Waals surface area contributed by atoms with E-state index < -0.39 is 0 Å². The van der Waals surface area contributed by atoms with Crippen molar-refractivity contribution in [2.75, 3.05) is 6.54 Å². The van der Waals surface area contributed by atoms with Gasteiger partial charge in [0.25, 0.3) is 0 Å². The molecular formula is C4H6ClN. The quantitative estimate of drug-likeness (QED) is 0.469. The Kier molecular flexibility index (Phi) is 4.47. The third kappa shape index (κ3) is 3.70. The Hall–Kier alpha value is -0.300. The molecule has 0 radical (unpaired) electrons. The monoisotopic (exact) mass is 103 g/mol. The van der Waals surface area contributed by atoms with Gasteiger partial charge >= 0.3 is 0 Å². The van der Waals surface area contributed by atoms with E-state index in [1.54, 1.807) is 6.08 Å². The molecule has 0 fully saturated rings. The van der Waals surface area contributed by atoms with E-state index in [1.165, 1.54) is 5.54 Å². The van der Waals surface area contributed by atoms with E-state index in [4.69, 9.17) is 11.6 Å². The molecule has 0 aliphatic carbocycles. The zero-order chi connectivity index (χ0) is 4.83. The van der Waals surface area contributed by atoms with Crippen LogP contribution in [0.1, 0.15) is 0 Å². The molecule has 0 aliphatic heterocycles. The molecular weight excluding hydrogens is 97.5 g/mol. The molecule has 0 unspecified atom stereocenters. The van der Waals surface area contributed by atoms with E-state index in [0.29, 0.717) is 6.54 Å². The Morgan fingerprint density at radius 2 is 2.50 bits per heavy atom. The highest BCUT2D eigenvalue weighted by Gasteiger charge is 1.59. The SMILES string of the molecule is C=NC/C=C\Cl. The second kappa shape index (κ2) is 4.70.